The zero-order chi connectivity index (χ0) is 24.2. The molecule has 0 heterocycles. The van der Waals surface area contributed by atoms with Crippen LogP contribution in [0.2, 0.25) is 4.63 Å². The number of rotatable bonds is 2. The van der Waals surface area contributed by atoms with Gasteiger partial charge in [0.25, 0.3) is 0 Å². The van der Waals surface area contributed by atoms with Crippen molar-refractivity contribution in [2.24, 2.45) is 0 Å². The number of halogens is 4. The standard InChI is InChI=1S/C14H18.C9H7.C5H5.CH3.4ClH.2Zr/c1-9-5-7-13(11(9)3)14-8-6-10(2)12(14)4;1-2-5-9-7-3-6-8(9)4-1;1-2-4-5-3-1;;;;;;;/h5-6H,7-8H2,1-4H3;1-7H;1-3H,4H2;1H3;4*1H;;/q;;;;;;;;2*+2/p-4. The first-order chi connectivity index (χ1) is 15.6. The maximum absolute atomic E-state index is 6.01. The first kappa shape index (κ1) is 33.4. The fourth-order valence-corrected chi connectivity index (χ4v) is 8.99. The topological polar surface area (TPSA) is 0 Å². The molecule has 0 N–H and O–H groups in total. The molecule has 0 bridgehead atoms. The Morgan fingerprint density at radius 3 is 1.77 bits per heavy atom. The van der Waals surface area contributed by atoms with Gasteiger partial charge in [0.05, 0.1) is 0 Å². The monoisotopic (exact) mass is 701 g/mol. The van der Waals surface area contributed by atoms with Gasteiger partial charge >= 0.3 is 143 Å². The summed E-state index contributed by atoms with van der Waals surface area (Å²) in [5.74, 6) is 0. The molecule has 1 aromatic rings. The molecule has 35 heavy (non-hydrogen) atoms. The van der Waals surface area contributed by atoms with Crippen LogP contribution in [0, 0.1) is 0 Å². The van der Waals surface area contributed by atoms with E-state index in [0.29, 0.717) is 3.63 Å². The van der Waals surface area contributed by atoms with Gasteiger partial charge in [-0.1, -0.05) is 23.3 Å². The van der Waals surface area contributed by atoms with E-state index in [1.807, 2.05) is 10.7 Å². The quantitative estimate of drug-likeness (QED) is 0.438. The van der Waals surface area contributed by atoms with E-state index in [1.165, 1.54) is 36.7 Å². The molecule has 0 spiro atoms. The molecule has 0 fully saturated rings. The van der Waals surface area contributed by atoms with Gasteiger partial charge in [-0.05, 0) is 62.8 Å². The molecular formula is C29H33Cl4Zr2. The van der Waals surface area contributed by atoms with Crippen molar-refractivity contribution in [2.45, 2.75) is 55.2 Å². The van der Waals surface area contributed by atoms with Crippen LogP contribution in [0.15, 0.2) is 97.4 Å². The van der Waals surface area contributed by atoms with E-state index in [9.17, 15) is 0 Å². The first-order valence-electron chi connectivity index (χ1n) is 11.6. The fraction of sp³-hybridized carbons (Fsp3) is 0.310. The summed E-state index contributed by atoms with van der Waals surface area (Å²) in [6.45, 7) is 8.94. The predicted octanol–water partition coefficient (Wildman–Crippen LogP) is 3.97. The van der Waals surface area contributed by atoms with Crippen molar-refractivity contribution < 1.29 is 67.4 Å². The van der Waals surface area contributed by atoms with Crippen LogP contribution < -0.4 is 24.8 Å². The van der Waals surface area contributed by atoms with Crippen LogP contribution in [-0.4, -0.2) is 0 Å². The van der Waals surface area contributed by atoms with Crippen molar-refractivity contribution in [3.63, 3.8) is 0 Å². The van der Waals surface area contributed by atoms with Crippen molar-refractivity contribution >= 4 is 23.1 Å². The van der Waals surface area contributed by atoms with Crippen LogP contribution in [-0.2, 0) is 42.6 Å². The molecule has 0 radical (unpaired) electrons. The van der Waals surface area contributed by atoms with Crippen LogP contribution in [0.5, 0.6) is 0 Å². The van der Waals surface area contributed by atoms with Crippen molar-refractivity contribution in [3.05, 3.63) is 109 Å². The average Bonchev–Trinajstić information content (AvgIpc) is 3.56. The average molecular weight is 706 g/mol. The van der Waals surface area contributed by atoms with Gasteiger partial charge in [0.1, 0.15) is 0 Å². The Balaban J connectivity index is 0.000000263. The van der Waals surface area contributed by atoms with Crippen molar-refractivity contribution in [1.29, 1.82) is 0 Å². The van der Waals surface area contributed by atoms with Gasteiger partial charge in [-0.25, -0.2) is 0 Å². The van der Waals surface area contributed by atoms with Crippen molar-refractivity contribution in [3.8, 4) is 0 Å². The molecule has 0 nitrogen and oxygen atoms in total. The normalized spacial score (nSPS) is 19.6. The predicted molar refractivity (Wildman–Crippen MR) is 140 cm³/mol. The second-order valence-electron chi connectivity index (χ2n) is 9.07. The Bertz CT molecular complexity index is 1090. The molecule has 0 saturated heterocycles. The number of allylic oxidation sites excluding steroid dienone is 13. The number of benzene rings is 1. The number of hydrogen-bond acceptors (Lipinski definition) is 0. The van der Waals surface area contributed by atoms with E-state index < -0.39 is 17.9 Å². The zero-order valence-electron chi connectivity index (χ0n) is 21.1. The molecule has 5 rings (SSSR count). The molecule has 0 amide bonds. The molecule has 6 heteroatoms. The first-order valence-corrected chi connectivity index (χ1v) is 23.0. The van der Waals surface area contributed by atoms with Crippen LogP contribution in [0.1, 0.15) is 61.7 Å². The van der Waals surface area contributed by atoms with E-state index in [1.54, 1.807) is 35.9 Å². The van der Waals surface area contributed by atoms with Crippen LogP contribution in [0.25, 0.3) is 6.08 Å². The van der Waals surface area contributed by atoms with E-state index in [0.717, 1.165) is 19.3 Å². The van der Waals surface area contributed by atoms with Gasteiger partial charge in [0, 0.05) is 0 Å². The van der Waals surface area contributed by atoms with E-state index >= 15 is 0 Å². The Kier molecular flexibility index (Phi) is 14.3. The molecular weight excluding hydrogens is 673 g/mol. The van der Waals surface area contributed by atoms with Gasteiger partial charge in [0.2, 0.25) is 0 Å². The zero-order valence-corrected chi connectivity index (χ0v) is 29.0. The summed E-state index contributed by atoms with van der Waals surface area (Å²) in [7, 11) is 12.0. The number of hydrogen-bond donors (Lipinski definition) is 0. The summed E-state index contributed by atoms with van der Waals surface area (Å²) in [5, 5.41) is 0. The summed E-state index contributed by atoms with van der Waals surface area (Å²) < 4.78 is 3.99. The Labute approximate surface area is 251 Å². The Morgan fingerprint density at radius 1 is 0.857 bits per heavy atom. The third-order valence-corrected chi connectivity index (χ3v) is 14.6. The van der Waals surface area contributed by atoms with Crippen molar-refractivity contribution in [1.82, 2.24) is 0 Å². The molecule has 1 unspecified atom stereocenters. The van der Waals surface area contributed by atoms with E-state index in [2.05, 4.69) is 88.4 Å². The van der Waals surface area contributed by atoms with Gasteiger partial charge in [-0.15, -0.1) is 0 Å². The van der Waals surface area contributed by atoms with Crippen LogP contribution in [0.4, 0.5) is 0 Å². The Morgan fingerprint density at radius 2 is 1.40 bits per heavy atom. The van der Waals surface area contributed by atoms with E-state index in [-0.39, 0.29) is 24.8 Å². The van der Waals surface area contributed by atoms with Gasteiger partial charge < -0.3 is 24.8 Å². The molecule has 4 aliphatic carbocycles. The Hall–Kier alpha value is 0.326. The minimum atomic E-state index is -2.65. The maximum atomic E-state index is 6.01. The molecule has 1 atom stereocenters. The molecule has 4 aliphatic rings. The molecule has 0 saturated carbocycles. The molecule has 1 aromatic carbocycles. The van der Waals surface area contributed by atoms with Crippen LogP contribution in [0.3, 0.4) is 0 Å². The van der Waals surface area contributed by atoms with Crippen LogP contribution >= 0.6 is 17.0 Å². The van der Waals surface area contributed by atoms with Crippen molar-refractivity contribution in [2.75, 3.05) is 0 Å². The third kappa shape index (κ3) is 8.94. The van der Waals surface area contributed by atoms with Gasteiger partial charge in [-0.3, -0.25) is 0 Å². The summed E-state index contributed by atoms with van der Waals surface area (Å²) in [4.78, 5) is 0. The molecule has 0 aromatic heterocycles. The van der Waals surface area contributed by atoms with Gasteiger partial charge in [0.15, 0.2) is 0 Å². The molecule has 0 aliphatic heterocycles. The summed E-state index contributed by atoms with van der Waals surface area (Å²) >= 11 is -1.06. The summed E-state index contributed by atoms with van der Waals surface area (Å²) in [5.41, 5.74) is 12.0. The number of fused-ring (bicyclic) bond motifs is 1. The second kappa shape index (κ2) is 15.1. The second-order valence-corrected chi connectivity index (χ2v) is 26.6. The summed E-state index contributed by atoms with van der Waals surface area (Å²) in [6, 6.07) is 8.60. The SMILES string of the molecule is CC1=CCC(C2=C(C)C(C)=CC2)=C1C.[CH3][Zr]([Cl])([Cl])[C]1=CC=CC1.[Cl-].[Cl-].[Zr+2][CH]1C=Cc2ccccc21. The minimum absolute atomic E-state index is 0. The summed E-state index contributed by atoms with van der Waals surface area (Å²) in [6.07, 6.45) is 18.6. The fourth-order valence-electron chi connectivity index (χ4n) is 4.32. The third-order valence-electron chi connectivity index (χ3n) is 6.81. The van der Waals surface area contributed by atoms with Gasteiger partial charge in [-0.2, -0.15) is 0 Å². The molecule has 185 valence electrons. The van der Waals surface area contributed by atoms with E-state index in [4.69, 9.17) is 17.0 Å².